The summed E-state index contributed by atoms with van der Waals surface area (Å²) >= 11 is 3.64. The Kier molecular flexibility index (Phi) is 9.73. The van der Waals surface area contributed by atoms with E-state index in [4.69, 9.17) is 11.5 Å². The van der Waals surface area contributed by atoms with Crippen LogP contribution in [0.15, 0.2) is 0 Å². The number of thioether (sulfide) groups is 2. The Bertz CT molecular complexity index is 188. The molecule has 0 bridgehead atoms. The topological polar surface area (TPSA) is 92.5 Å². The van der Waals surface area contributed by atoms with Gasteiger partial charge in [0.1, 0.15) is 0 Å². The van der Waals surface area contributed by atoms with E-state index in [1.807, 2.05) is 37.4 Å². The van der Waals surface area contributed by atoms with Gasteiger partial charge in [0, 0.05) is 46.9 Å². The molecule has 110 valence electrons. The zero-order chi connectivity index (χ0) is 14.1. The molecule has 0 spiro atoms. The van der Waals surface area contributed by atoms with E-state index >= 15 is 0 Å². The predicted octanol–water partition coefficient (Wildman–Crippen LogP) is 0.367. The maximum Gasteiger partial charge on any atom is 0.0504 e. The van der Waals surface area contributed by atoms with Gasteiger partial charge in [-0.3, -0.25) is 0 Å². The average molecular weight is 297 g/mol. The summed E-state index contributed by atoms with van der Waals surface area (Å²) in [6.45, 7) is 5.31. The number of hydrogen-bond acceptors (Lipinski definition) is 6. The highest BCUT2D eigenvalue weighted by molar-refractivity contribution is 8.02. The molecule has 2 unspecified atom stereocenters. The fraction of sp³-hybridized carbons (Fsp3) is 1.00. The highest BCUT2D eigenvalue weighted by Crippen LogP contribution is 2.24. The van der Waals surface area contributed by atoms with Crippen molar-refractivity contribution in [2.24, 2.45) is 22.3 Å². The number of aliphatic hydroxyl groups is 2. The summed E-state index contributed by atoms with van der Waals surface area (Å²) in [5.41, 5.74) is 10.9. The largest absolute Gasteiger partial charge is 0.396 e. The molecule has 6 heteroatoms. The zero-order valence-electron chi connectivity index (χ0n) is 11.5. The molecule has 0 aromatic carbocycles. The minimum Gasteiger partial charge on any atom is -0.396 e. The molecule has 0 fully saturated rings. The second kappa shape index (κ2) is 9.44. The fourth-order valence-corrected chi connectivity index (χ4v) is 3.73. The van der Waals surface area contributed by atoms with Crippen molar-refractivity contribution in [1.82, 2.24) is 0 Å². The van der Waals surface area contributed by atoms with Crippen LogP contribution in [0.4, 0.5) is 0 Å². The third-order valence-electron chi connectivity index (χ3n) is 3.02. The Morgan fingerprint density at radius 3 is 1.39 bits per heavy atom. The van der Waals surface area contributed by atoms with Crippen LogP contribution in [-0.2, 0) is 0 Å². The Labute approximate surface area is 119 Å². The van der Waals surface area contributed by atoms with Crippen LogP contribution in [0.2, 0.25) is 0 Å². The first-order valence-corrected chi connectivity index (χ1v) is 8.53. The van der Waals surface area contributed by atoms with E-state index in [1.54, 1.807) is 0 Å². The van der Waals surface area contributed by atoms with Gasteiger partial charge in [-0.15, -0.1) is 0 Å². The van der Waals surface area contributed by atoms with Crippen molar-refractivity contribution in [3.05, 3.63) is 0 Å². The molecule has 2 atom stereocenters. The van der Waals surface area contributed by atoms with Crippen molar-refractivity contribution in [1.29, 1.82) is 0 Å². The molecule has 0 aromatic rings. The molecule has 0 aliphatic carbocycles. The molecule has 0 heterocycles. The van der Waals surface area contributed by atoms with Gasteiger partial charge >= 0.3 is 0 Å². The summed E-state index contributed by atoms with van der Waals surface area (Å²) < 4.78 is 0. The van der Waals surface area contributed by atoms with Crippen LogP contribution >= 0.6 is 23.5 Å². The van der Waals surface area contributed by atoms with Crippen molar-refractivity contribution >= 4 is 23.5 Å². The monoisotopic (exact) mass is 296 g/mol. The van der Waals surface area contributed by atoms with Gasteiger partial charge in [0.2, 0.25) is 0 Å². The SMILES string of the molecule is CC(CN)(CO)CSCCSCC(C)(CN)CO. The lowest BCUT2D eigenvalue weighted by Gasteiger charge is -2.25. The predicted molar refractivity (Wildman–Crippen MR) is 83.1 cm³/mol. The maximum atomic E-state index is 9.22. The van der Waals surface area contributed by atoms with Crippen molar-refractivity contribution in [3.63, 3.8) is 0 Å². The van der Waals surface area contributed by atoms with Gasteiger partial charge in [-0.25, -0.2) is 0 Å². The summed E-state index contributed by atoms with van der Waals surface area (Å²) in [7, 11) is 0. The lowest BCUT2D eigenvalue weighted by Crippen LogP contribution is -2.34. The molecule has 6 N–H and O–H groups in total. The van der Waals surface area contributed by atoms with Gasteiger partial charge in [0.05, 0.1) is 13.2 Å². The first-order chi connectivity index (χ1) is 8.45. The number of rotatable bonds is 11. The molecule has 0 radical (unpaired) electrons. The second-order valence-corrected chi connectivity index (χ2v) is 7.66. The standard InChI is InChI=1S/C12H28N2O2S2/c1-11(5-13,7-15)9-17-3-4-18-10-12(2,6-14)8-16/h15-16H,3-10,13-14H2,1-2H3. The minimum atomic E-state index is -0.161. The molecule has 0 saturated carbocycles. The van der Waals surface area contributed by atoms with E-state index in [1.165, 1.54) is 0 Å². The van der Waals surface area contributed by atoms with Gasteiger partial charge in [0.15, 0.2) is 0 Å². The Hall–Kier alpha value is 0.540. The second-order valence-electron chi connectivity index (χ2n) is 5.45. The van der Waals surface area contributed by atoms with E-state index in [-0.39, 0.29) is 24.0 Å². The van der Waals surface area contributed by atoms with E-state index in [0.29, 0.717) is 13.1 Å². The van der Waals surface area contributed by atoms with Crippen LogP contribution in [0.1, 0.15) is 13.8 Å². The van der Waals surface area contributed by atoms with Gasteiger partial charge in [-0.1, -0.05) is 13.8 Å². The Balaban J connectivity index is 3.63. The Morgan fingerprint density at radius 1 is 0.833 bits per heavy atom. The van der Waals surface area contributed by atoms with E-state index in [2.05, 4.69) is 0 Å². The van der Waals surface area contributed by atoms with Crippen molar-refractivity contribution in [3.8, 4) is 0 Å². The van der Waals surface area contributed by atoms with Crippen LogP contribution in [0, 0.1) is 10.8 Å². The van der Waals surface area contributed by atoms with Crippen LogP contribution < -0.4 is 11.5 Å². The summed E-state index contributed by atoms with van der Waals surface area (Å²) in [6, 6.07) is 0. The highest BCUT2D eigenvalue weighted by Gasteiger charge is 2.22. The van der Waals surface area contributed by atoms with Crippen LogP contribution in [0.25, 0.3) is 0 Å². The Morgan fingerprint density at radius 2 is 1.17 bits per heavy atom. The molecular formula is C12H28N2O2S2. The maximum absolute atomic E-state index is 9.22. The molecule has 0 amide bonds. The van der Waals surface area contributed by atoms with Gasteiger partial charge in [-0.05, 0) is 0 Å². The number of aliphatic hydroxyl groups excluding tert-OH is 2. The van der Waals surface area contributed by atoms with Gasteiger partial charge in [-0.2, -0.15) is 23.5 Å². The zero-order valence-corrected chi connectivity index (χ0v) is 13.2. The van der Waals surface area contributed by atoms with Gasteiger partial charge in [0.25, 0.3) is 0 Å². The molecule has 0 rings (SSSR count). The molecular weight excluding hydrogens is 268 g/mol. The molecule has 0 aromatic heterocycles. The first-order valence-electron chi connectivity index (χ1n) is 6.22. The molecule has 0 aliphatic heterocycles. The van der Waals surface area contributed by atoms with Crippen molar-refractivity contribution in [2.45, 2.75) is 13.8 Å². The van der Waals surface area contributed by atoms with Crippen molar-refractivity contribution < 1.29 is 10.2 Å². The third-order valence-corrected chi connectivity index (χ3v) is 6.07. The molecule has 0 aliphatic rings. The smallest absolute Gasteiger partial charge is 0.0504 e. The minimum absolute atomic E-state index is 0.138. The van der Waals surface area contributed by atoms with Gasteiger partial charge < -0.3 is 21.7 Å². The lowest BCUT2D eigenvalue weighted by molar-refractivity contribution is 0.171. The lowest BCUT2D eigenvalue weighted by atomic mass is 9.95. The van der Waals surface area contributed by atoms with E-state index in [0.717, 1.165) is 23.0 Å². The molecule has 4 nitrogen and oxygen atoms in total. The summed E-state index contributed by atoms with van der Waals surface area (Å²) in [6.07, 6.45) is 0. The quantitative estimate of drug-likeness (QED) is 0.412. The molecule has 0 saturated heterocycles. The summed E-state index contributed by atoms with van der Waals surface area (Å²) in [5, 5.41) is 18.4. The van der Waals surface area contributed by atoms with Crippen molar-refractivity contribution in [2.75, 3.05) is 49.3 Å². The molecule has 18 heavy (non-hydrogen) atoms. The average Bonchev–Trinajstić information content (AvgIpc) is 2.42. The normalized spacial score (nSPS) is 18.3. The fourth-order valence-electron chi connectivity index (χ4n) is 1.09. The van der Waals surface area contributed by atoms with Crippen LogP contribution in [0.5, 0.6) is 0 Å². The summed E-state index contributed by atoms with van der Waals surface area (Å²) in [5.74, 6) is 3.84. The third kappa shape index (κ3) is 7.21. The number of nitrogens with two attached hydrogens (primary N) is 2. The highest BCUT2D eigenvalue weighted by atomic mass is 32.2. The van der Waals surface area contributed by atoms with Crippen LogP contribution in [0.3, 0.4) is 0 Å². The summed E-state index contributed by atoms with van der Waals surface area (Å²) in [4.78, 5) is 0. The first kappa shape index (κ1) is 18.5. The van der Waals surface area contributed by atoms with Crippen LogP contribution in [-0.4, -0.2) is 59.5 Å². The van der Waals surface area contributed by atoms with E-state index in [9.17, 15) is 10.2 Å². The van der Waals surface area contributed by atoms with E-state index < -0.39 is 0 Å². The number of hydrogen-bond donors (Lipinski definition) is 4.